The van der Waals surface area contributed by atoms with Gasteiger partial charge >= 0.3 is 6.09 Å². The summed E-state index contributed by atoms with van der Waals surface area (Å²) in [6.07, 6.45) is 4.54. The highest BCUT2D eigenvalue weighted by molar-refractivity contribution is 5.89. The third kappa shape index (κ3) is 1.59. The van der Waals surface area contributed by atoms with Crippen LogP contribution in [-0.2, 0) is 0 Å². The van der Waals surface area contributed by atoms with Gasteiger partial charge < -0.3 is 5.11 Å². The van der Waals surface area contributed by atoms with Crippen LogP contribution in [0.2, 0.25) is 0 Å². The molecule has 2 aromatic rings. The molecule has 18 heavy (non-hydrogen) atoms. The number of hydrogen-bond donors (Lipinski definition) is 1. The van der Waals surface area contributed by atoms with Crippen LogP contribution in [0.4, 0.5) is 4.79 Å². The lowest BCUT2D eigenvalue weighted by Gasteiger charge is -2.20. The Bertz CT molecular complexity index is 605. The maximum atomic E-state index is 11.5. The number of rotatable bonds is 1. The van der Waals surface area contributed by atoms with Gasteiger partial charge in [0.15, 0.2) is 0 Å². The third-order valence-corrected chi connectivity index (χ3v) is 3.68. The minimum absolute atomic E-state index is 0.188. The summed E-state index contributed by atoms with van der Waals surface area (Å²) in [5, 5.41) is 10.3. The number of nitrogens with zero attached hydrogens (tertiary/aromatic N) is 3. The van der Waals surface area contributed by atoms with E-state index in [1.54, 1.807) is 18.5 Å². The minimum atomic E-state index is -0.925. The molecule has 0 amide bonds. The van der Waals surface area contributed by atoms with E-state index < -0.39 is 6.09 Å². The minimum Gasteiger partial charge on any atom is -0.464 e. The molecule has 1 N–H and O–H groups in total. The molecule has 5 nitrogen and oxygen atoms in total. The van der Waals surface area contributed by atoms with Crippen LogP contribution < -0.4 is 0 Å². The van der Waals surface area contributed by atoms with Crippen LogP contribution in [0.5, 0.6) is 0 Å². The van der Waals surface area contributed by atoms with Crippen LogP contribution in [0.1, 0.15) is 24.6 Å². The van der Waals surface area contributed by atoms with Gasteiger partial charge in [-0.15, -0.1) is 0 Å². The van der Waals surface area contributed by atoms with Crippen molar-refractivity contribution < 1.29 is 9.90 Å². The first-order valence-corrected chi connectivity index (χ1v) is 6.07. The van der Waals surface area contributed by atoms with Crippen molar-refractivity contribution in [3.63, 3.8) is 0 Å². The molecule has 0 spiro atoms. The SMILES string of the molecule is CN1CCC[C@@H]1c1cc2cnccc2n1C(=O)O. The van der Waals surface area contributed by atoms with E-state index in [0.29, 0.717) is 5.52 Å². The molecule has 0 unspecified atom stereocenters. The molecule has 2 aromatic heterocycles. The quantitative estimate of drug-likeness (QED) is 0.837. The average molecular weight is 245 g/mol. The normalized spacial score (nSPS) is 20.6. The summed E-state index contributed by atoms with van der Waals surface area (Å²) in [5.74, 6) is 0. The molecule has 0 saturated carbocycles. The number of pyridine rings is 1. The number of carbonyl (C=O) groups is 1. The number of likely N-dealkylation sites (tertiary alicyclic amines) is 1. The first-order chi connectivity index (χ1) is 8.68. The molecular weight excluding hydrogens is 230 g/mol. The van der Waals surface area contributed by atoms with E-state index in [0.717, 1.165) is 30.5 Å². The van der Waals surface area contributed by atoms with Crippen LogP contribution in [0.3, 0.4) is 0 Å². The average Bonchev–Trinajstić information content (AvgIpc) is 2.91. The molecule has 3 rings (SSSR count). The highest BCUT2D eigenvalue weighted by atomic mass is 16.4. The zero-order valence-electron chi connectivity index (χ0n) is 10.2. The Morgan fingerprint density at radius 2 is 2.39 bits per heavy atom. The Balaban J connectivity index is 2.21. The van der Waals surface area contributed by atoms with Crippen molar-refractivity contribution in [2.45, 2.75) is 18.9 Å². The van der Waals surface area contributed by atoms with Crippen LogP contribution in [0.25, 0.3) is 10.9 Å². The second-order valence-electron chi connectivity index (χ2n) is 4.76. The first-order valence-electron chi connectivity index (χ1n) is 6.07. The second kappa shape index (κ2) is 4.10. The molecule has 1 atom stereocenters. The van der Waals surface area contributed by atoms with Gasteiger partial charge in [0, 0.05) is 23.5 Å². The van der Waals surface area contributed by atoms with Crippen LogP contribution in [-0.4, -0.2) is 39.2 Å². The second-order valence-corrected chi connectivity index (χ2v) is 4.76. The summed E-state index contributed by atoms with van der Waals surface area (Å²) >= 11 is 0. The van der Waals surface area contributed by atoms with E-state index in [1.165, 1.54) is 4.57 Å². The van der Waals surface area contributed by atoms with Gasteiger partial charge in [0.1, 0.15) is 0 Å². The van der Waals surface area contributed by atoms with Crippen molar-refractivity contribution in [2.24, 2.45) is 0 Å². The predicted molar refractivity (Wildman–Crippen MR) is 67.8 cm³/mol. The molecule has 3 heterocycles. The van der Waals surface area contributed by atoms with Gasteiger partial charge in [-0.1, -0.05) is 0 Å². The van der Waals surface area contributed by atoms with Gasteiger partial charge in [-0.25, -0.2) is 9.36 Å². The standard InChI is InChI=1S/C13H15N3O2/c1-15-6-2-3-11(15)12-7-9-8-14-5-4-10(9)16(12)13(17)18/h4-5,7-8,11H,2-3,6H2,1H3,(H,17,18)/t11-/m1/s1. The van der Waals surface area contributed by atoms with Crippen LogP contribution in [0, 0.1) is 0 Å². The molecular formula is C13H15N3O2. The molecule has 1 fully saturated rings. The molecule has 1 aliphatic rings. The highest BCUT2D eigenvalue weighted by Gasteiger charge is 2.28. The maximum absolute atomic E-state index is 11.5. The fourth-order valence-corrected chi connectivity index (χ4v) is 2.82. The summed E-state index contributed by atoms with van der Waals surface area (Å²) < 4.78 is 1.39. The number of aromatic nitrogens is 2. The topological polar surface area (TPSA) is 58.4 Å². The summed E-state index contributed by atoms with van der Waals surface area (Å²) in [4.78, 5) is 17.7. The first kappa shape index (κ1) is 11.2. The van der Waals surface area contributed by atoms with Crippen LogP contribution in [0.15, 0.2) is 24.5 Å². The fraction of sp³-hybridized carbons (Fsp3) is 0.385. The molecule has 94 valence electrons. The van der Waals surface area contributed by atoms with Gasteiger partial charge in [-0.3, -0.25) is 9.88 Å². The Morgan fingerprint density at radius 1 is 1.56 bits per heavy atom. The Labute approximate surface area is 105 Å². The van der Waals surface area contributed by atoms with E-state index in [2.05, 4.69) is 9.88 Å². The number of hydrogen-bond acceptors (Lipinski definition) is 3. The zero-order valence-corrected chi connectivity index (χ0v) is 10.2. The van der Waals surface area contributed by atoms with Gasteiger partial charge in [-0.2, -0.15) is 0 Å². The lowest BCUT2D eigenvalue weighted by Crippen LogP contribution is -2.22. The highest BCUT2D eigenvalue weighted by Crippen LogP contribution is 2.33. The van der Waals surface area contributed by atoms with Gasteiger partial charge in [0.25, 0.3) is 0 Å². The Kier molecular flexibility index (Phi) is 2.56. The summed E-state index contributed by atoms with van der Waals surface area (Å²) in [6, 6.07) is 3.89. The van der Waals surface area contributed by atoms with Gasteiger partial charge in [0.05, 0.1) is 11.6 Å². The molecule has 0 aliphatic carbocycles. The monoisotopic (exact) mass is 245 g/mol. The van der Waals surface area contributed by atoms with Crippen molar-refractivity contribution >= 4 is 17.0 Å². The van der Waals surface area contributed by atoms with E-state index in [-0.39, 0.29) is 6.04 Å². The van der Waals surface area contributed by atoms with Gasteiger partial charge in [-0.05, 0) is 38.6 Å². The lowest BCUT2D eigenvalue weighted by atomic mass is 10.1. The number of fused-ring (bicyclic) bond motifs is 1. The van der Waals surface area contributed by atoms with E-state index >= 15 is 0 Å². The molecule has 0 bridgehead atoms. The Morgan fingerprint density at radius 3 is 3.06 bits per heavy atom. The van der Waals surface area contributed by atoms with Gasteiger partial charge in [0.2, 0.25) is 0 Å². The van der Waals surface area contributed by atoms with Crippen LogP contribution >= 0.6 is 0 Å². The molecule has 1 saturated heterocycles. The van der Waals surface area contributed by atoms with Crippen molar-refractivity contribution in [2.75, 3.05) is 13.6 Å². The zero-order chi connectivity index (χ0) is 12.7. The molecule has 1 aliphatic heterocycles. The molecule has 5 heteroatoms. The smallest absolute Gasteiger partial charge is 0.416 e. The lowest BCUT2D eigenvalue weighted by molar-refractivity contribution is 0.194. The van der Waals surface area contributed by atoms with Crippen molar-refractivity contribution in [3.8, 4) is 0 Å². The summed E-state index contributed by atoms with van der Waals surface area (Å²) in [6.45, 7) is 1.02. The van der Waals surface area contributed by atoms with Crippen molar-refractivity contribution in [3.05, 3.63) is 30.2 Å². The van der Waals surface area contributed by atoms with Crippen molar-refractivity contribution in [1.29, 1.82) is 0 Å². The Hall–Kier alpha value is -1.88. The summed E-state index contributed by atoms with van der Waals surface area (Å²) in [5.41, 5.74) is 1.57. The maximum Gasteiger partial charge on any atom is 0.416 e. The van der Waals surface area contributed by atoms with E-state index in [1.807, 2.05) is 13.1 Å². The van der Waals surface area contributed by atoms with Crippen molar-refractivity contribution in [1.82, 2.24) is 14.5 Å². The molecule has 0 aromatic carbocycles. The van der Waals surface area contributed by atoms with E-state index in [4.69, 9.17) is 0 Å². The molecule has 0 radical (unpaired) electrons. The number of carboxylic acid groups (broad SMARTS) is 1. The largest absolute Gasteiger partial charge is 0.464 e. The summed E-state index contributed by atoms with van der Waals surface area (Å²) in [7, 11) is 2.04. The third-order valence-electron chi connectivity index (χ3n) is 3.68. The predicted octanol–water partition coefficient (Wildman–Crippen LogP) is 2.33. The van der Waals surface area contributed by atoms with E-state index in [9.17, 15) is 9.90 Å². The fourth-order valence-electron chi connectivity index (χ4n) is 2.82.